The third-order valence-electron chi connectivity index (χ3n) is 3.22. The van der Waals surface area contributed by atoms with Gasteiger partial charge in [-0.25, -0.2) is 0 Å². The topological polar surface area (TPSA) is 65.5 Å². The van der Waals surface area contributed by atoms with Gasteiger partial charge >= 0.3 is 0 Å². The monoisotopic (exact) mass is 249 g/mol. The number of aromatic nitrogens is 1. The van der Waals surface area contributed by atoms with Gasteiger partial charge in [-0.3, -0.25) is 9.78 Å². The van der Waals surface area contributed by atoms with Gasteiger partial charge in [0.25, 0.3) is 5.91 Å². The van der Waals surface area contributed by atoms with E-state index < -0.39 is 0 Å². The molecule has 5 nitrogen and oxygen atoms in total. The molecule has 18 heavy (non-hydrogen) atoms. The molecule has 1 fully saturated rings. The normalized spacial score (nSPS) is 19.0. The number of aliphatic hydroxyl groups excluding tert-OH is 1. The molecule has 2 heterocycles. The Morgan fingerprint density at radius 1 is 1.67 bits per heavy atom. The Morgan fingerprint density at radius 2 is 2.50 bits per heavy atom. The molecule has 0 spiro atoms. The van der Waals surface area contributed by atoms with Crippen molar-refractivity contribution in [3.8, 4) is 0 Å². The molecule has 1 atom stereocenters. The molecule has 1 aromatic rings. The molecule has 2 N–H and O–H groups in total. The average Bonchev–Trinajstić information content (AvgIpc) is 2.88. The number of pyridine rings is 1. The maximum Gasteiger partial charge on any atom is 0.269 e. The zero-order valence-electron chi connectivity index (χ0n) is 10.6. The lowest BCUT2D eigenvalue weighted by molar-refractivity contribution is 0.0951. The van der Waals surface area contributed by atoms with Gasteiger partial charge in [-0.1, -0.05) is 0 Å². The van der Waals surface area contributed by atoms with Crippen LogP contribution >= 0.6 is 0 Å². The largest absolute Gasteiger partial charge is 0.396 e. The molecule has 0 saturated carbocycles. The molecule has 0 bridgehead atoms. The summed E-state index contributed by atoms with van der Waals surface area (Å²) < 4.78 is 0. The summed E-state index contributed by atoms with van der Waals surface area (Å²) in [4.78, 5) is 18.0. The Balaban J connectivity index is 2.10. The molecule has 0 aliphatic carbocycles. The second-order valence-corrected chi connectivity index (χ2v) is 4.54. The summed E-state index contributed by atoms with van der Waals surface area (Å²) in [5, 5.41) is 11.9. The standard InChI is InChI=1S/C13H19N3O2/c1-2-14-13(18)12-7-11(3-5-15-12)16-6-4-10(8-16)9-17/h3,5,7,10,17H,2,4,6,8-9H2,1H3,(H,14,18). The molecule has 1 aliphatic heterocycles. The van der Waals surface area contributed by atoms with Crippen LogP contribution in [0.15, 0.2) is 18.3 Å². The molecule has 0 aromatic carbocycles. The quantitative estimate of drug-likeness (QED) is 0.822. The number of nitrogens with zero attached hydrogens (tertiary/aromatic N) is 2. The fraction of sp³-hybridized carbons (Fsp3) is 0.538. The van der Waals surface area contributed by atoms with Crippen LogP contribution in [0.3, 0.4) is 0 Å². The summed E-state index contributed by atoms with van der Waals surface area (Å²) in [5.74, 6) is 0.198. The number of hydrogen-bond acceptors (Lipinski definition) is 4. The molecule has 1 aromatic heterocycles. The second-order valence-electron chi connectivity index (χ2n) is 4.54. The highest BCUT2D eigenvalue weighted by atomic mass is 16.3. The van der Waals surface area contributed by atoms with Crippen LogP contribution in [0.2, 0.25) is 0 Å². The van der Waals surface area contributed by atoms with E-state index in [9.17, 15) is 4.79 Å². The highest BCUT2D eigenvalue weighted by molar-refractivity contribution is 5.93. The first kappa shape index (κ1) is 12.8. The average molecular weight is 249 g/mol. The summed E-state index contributed by atoms with van der Waals surface area (Å²) in [6.45, 7) is 4.47. The van der Waals surface area contributed by atoms with Crippen molar-refractivity contribution in [2.24, 2.45) is 5.92 Å². The van der Waals surface area contributed by atoms with Crippen molar-refractivity contribution in [3.63, 3.8) is 0 Å². The van der Waals surface area contributed by atoms with E-state index in [0.29, 0.717) is 18.2 Å². The lowest BCUT2D eigenvalue weighted by atomic mass is 10.1. The van der Waals surface area contributed by atoms with Crippen molar-refractivity contribution >= 4 is 11.6 Å². The Bertz CT molecular complexity index is 422. The Hall–Kier alpha value is -1.62. The second kappa shape index (κ2) is 5.82. The van der Waals surface area contributed by atoms with Crippen LogP contribution in [0.5, 0.6) is 0 Å². The molecular formula is C13H19N3O2. The molecule has 1 saturated heterocycles. The fourth-order valence-corrected chi connectivity index (χ4v) is 2.21. The molecule has 1 amide bonds. The summed E-state index contributed by atoms with van der Waals surface area (Å²) in [6.07, 6.45) is 2.65. The maximum absolute atomic E-state index is 11.7. The summed E-state index contributed by atoms with van der Waals surface area (Å²) >= 11 is 0. The Labute approximate surface area is 107 Å². The van der Waals surface area contributed by atoms with E-state index >= 15 is 0 Å². The van der Waals surface area contributed by atoms with E-state index in [4.69, 9.17) is 5.11 Å². The minimum atomic E-state index is -0.141. The number of carbonyl (C=O) groups is 1. The molecule has 98 valence electrons. The van der Waals surface area contributed by atoms with Gasteiger partial charge in [-0.2, -0.15) is 0 Å². The zero-order valence-corrected chi connectivity index (χ0v) is 10.6. The predicted octanol–water partition coefficient (Wildman–Crippen LogP) is 0.650. The number of hydrogen-bond donors (Lipinski definition) is 2. The molecule has 1 aliphatic rings. The van der Waals surface area contributed by atoms with E-state index in [1.807, 2.05) is 19.1 Å². The minimum Gasteiger partial charge on any atom is -0.396 e. The Kier molecular flexibility index (Phi) is 4.15. The summed E-state index contributed by atoms with van der Waals surface area (Å²) in [6, 6.07) is 3.72. The van der Waals surface area contributed by atoms with Crippen LogP contribution in [0.1, 0.15) is 23.8 Å². The van der Waals surface area contributed by atoms with Gasteiger partial charge in [0.1, 0.15) is 5.69 Å². The van der Waals surface area contributed by atoms with Gasteiger partial charge in [0.05, 0.1) is 0 Å². The molecule has 5 heteroatoms. The Morgan fingerprint density at radius 3 is 3.17 bits per heavy atom. The predicted molar refractivity (Wildman–Crippen MR) is 69.7 cm³/mol. The van der Waals surface area contributed by atoms with Crippen molar-refractivity contribution in [3.05, 3.63) is 24.0 Å². The summed E-state index contributed by atoms with van der Waals surface area (Å²) in [5.41, 5.74) is 1.45. The van der Waals surface area contributed by atoms with Gasteiger partial charge in [0, 0.05) is 44.0 Å². The third-order valence-corrected chi connectivity index (χ3v) is 3.22. The lowest BCUT2D eigenvalue weighted by Crippen LogP contribution is -2.25. The SMILES string of the molecule is CCNC(=O)c1cc(N2CCC(CO)C2)ccn1. The molecule has 0 radical (unpaired) electrons. The number of carbonyl (C=O) groups excluding carboxylic acids is 1. The van der Waals surface area contributed by atoms with Gasteiger partial charge in [0.2, 0.25) is 0 Å². The van der Waals surface area contributed by atoms with Crippen molar-refractivity contribution in [2.75, 3.05) is 31.1 Å². The zero-order chi connectivity index (χ0) is 13.0. The first-order chi connectivity index (χ1) is 8.74. The van der Waals surface area contributed by atoms with Gasteiger partial charge in [-0.05, 0) is 25.5 Å². The van der Waals surface area contributed by atoms with Gasteiger partial charge in [-0.15, -0.1) is 0 Å². The molecular weight excluding hydrogens is 230 g/mol. The highest BCUT2D eigenvalue weighted by Gasteiger charge is 2.22. The van der Waals surface area contributed by atoms with Crippen LogP contribution in [-0.2, 0) is 0 Å². The van der Waals surface area contributed by atoms with Gasteiger partial charge < -0.3 is 15.3 Å². The van der Waals surface area contributed by atoms with Crippen molar-refractivity contribution in [2.45, 2.75) is 13.3 Å². The van der Waals surface area contributed by atoms with Crippen LogP contribution in [0, 0.1) is 5.92 Å². The number of anilines is 1. The fourth-order valence-electron chi connectivity index (χ4n) is 2.21. The number of aliphatic hydroxyl groups is 1. The lowest BCUT2D eigenvalue weighted by Gasteiger charge is -2.18. The van der Waals surface area contributed by atoms with E-state index in [2.05, 4.69) is 15.2 Å². The molecule has 1 unspecified atom stereocenters. The smallest absolute Gasteiger partial charge is 0.269 e. The number of nitrogens with one attached hydrogen (secondary N) is 1. The van der Waals surface area contributed by atoms with Crippen LogP contribution < -0.4 is 10.2 Å². The van der Waals surface area contributed by atoms with Crippen molar-refractivity contribution in [1.82, 2.24) is 10.3 Å². The maximum atomic E-state index is 11.7. The minimum absolute atomic E-state index is 0.141. The molecule has 2 rings (SSSR count). The van der Waals surface area contributed by atoms with E-state index in [1.165, 1.54) is 0 Å². The first-order valence-corrected chi connectivity index (χ1v) is 6.34. The third kappa shape index (κ3) is 2.79. The van der Waals surface area contributed by atoms with Crippen LogP contribution in [0.4, 0.5) is 5.69 Å². The van der Waals surface area contributed by atoms with E-state index in [1.54, 1.807) is 6.20 Å². The highest BCUT2D eigenvalue weighted by Crippen LogP contribution is 2.23. The van der Waals surface area contributed by atoms with Crippen molar-refractivity contribution < 1.29 is 9.90 Å². The summed E-state index contributed by atoms with van der Waals surface area (Å²) in [7, 11) is 0. The van der Waals surface area contributed by atoms with Crippen LogP contribution in [0.25, 0.3) is 0 Å². The van der Waals surface area contributed by atoms with Crippen LogP contribution in [-0.4, -0.2) is 42.2 Å². The van der Waals surface area contributed by atoms with Gasteiger partial charge in [0.15, 0.2) is 0 Å². The first-order valence-electron chi connectivity index (χ1n) is 6.34. The van der Waals surface area contributed by atoms with Crippen molar-refractivity contribution in [1.29, 1.82) is 0 Å². The number of amides is 1. The van der Waals surface area contributed by atoms with E-state index in [-0.39, 0.29) is 12.5 Å². The van der Waals surface area contributed by atoms with E-state index in [0.717, 1.165) is 25.2 Å². The number of rotatable bonds is 4.